The van der Waals surface area contributed by atoms with E-state index < -0.39 is 0 Å². The number of aromatic nitrogens is 3. The van der Waals surface area contributed by atoms with Crippen molar-refractivity contribution in [2.45, 2.75) is 67.9 Å². The van der Waals surface area contributed by atoms with E-state index >= 15 is 0 Å². The second-order valence-corrected chi connectivity index (χ2v) is 10.3. The molecule has 1 aliphatic heterocycles. The van der Waals surface area contributed by atoms with Gasteiger partial charge in [-0.25, -0.2) is 0 Å². The van der Waals surface area contributed by atoms with E-state index in [2.05, 4.69) is 63.2 Å². The van der Waals surface area contributed by atoms with Gasteiger partial charge in [0.05, 0.1) is 7.11 Å². The second-order valence-electron chi connectivity index (χ2n) is 9.55. The first-order valence-corrected chi connectivity index (χ1v) is 14.0. The molecule has 2 fully saturated rings. The average molecular weight is 580 g/mol. The molecule has 0 atom stereocenters. The number of hydrogen-bond donors (Lipinski definition) is 2. The first-order valence-electron chi connectivity index (χ1n) is 12.5. The molecular weight excluding hydrogens is 541 g/mol. The zero-order valence-corrected chi connectivity index (χ0v) is 22.8. The molecule has 4 rings (SSSR count). The molecular formula is C25H38IN7O. The zero-order chi connectivity index (χ0) is 23.9. The quantitative estimate of drug-likeness (QED) is 0.250. The summed E-state index contributed by atoms with van der Waals surface area (Å²) in [7, 11) is 6.02. The summed E-state index contributed by atoms with van der Waals surface area (Å²) in [6.07, 6.45) is 9.75. The van der Waals surface area contributed by atoms with Crippen LogP contribution in [0.1, 0.15) is 56.9 Å². The minimum atomic E-state index is 0.422. The van der Waals surface area contributed by atoms with Crippen molar-refractivity contribution in [3.8, 4) is 5.75 Å². The lowest BCUT2D eigenvalue weighted by Crippen LogP contribution is -2.42. The normalized spacial score (nSPS) is 18.4. The Bertz CT molecular complexity index is 927. The Morgan fingerprint density at radius 1 is 1.03 bits per heavy atom. The Hall–Kier alpha value is -1.88. The molecule has 0 amide bonds. The molecule has 0 bridgehead atoms. The van der Waals surface area contributed by atoms with Gasteiger partial charge in [0.15, 0.2) is 0 Å². The SMILES string of the molecule is COc1ccc(Nc2nc(NC3CCCCCC3)nc(N(C)C3CCN(C)CC3)n2)cc1CI. The highest BCUT2D eigenvalue weighted by atomic mass is 127. The minimum absolute atomic E-state index is 0.422. The molecule has 1 saturated heterocycles. The van der Waals surface area contributed by atoms with Gasteiger partial charge < -0.3 is 25.2 Å². The van der Waals surface area contributed by atoms with E-state index in [0.717, 1.165) is 53.3 Å². The van der Waals surface area contributed by atoms with Crippen LogP contribution < -0.4 is 20.3 Å². The number of nitrogens with one attached hydrogen (secondary N) is 2. The molecule has 1 saturated carbocycles. The summed E-state index contributed by atoms with van der Waals surface area (Å²) in [5.41, 5.74) is 2.09. The summed E-state index contributed by atoms with van der Waals surface area (Å²) in [6, 6.07) is 6.97. The van der Waals surface area contributed by atoms with Crippen LogP contribution in [0.4, 0.5) is 23.5 Å². The number of piperidine rings is 1. The van der Waals surface area contributed by atoms with E-state index in [1.807, 2.05) is 12.1 Å². The standard InChI is InChI=1S/C25H38IN7O/c1-32-14-12-21(13-15-32)33(2)25-30-23(27-19-8-6-4-5-7-9-19)29-24(31-25)28-20-10-11-22(34-3)18(16-20)17-26/h10-11,16,19,21H,4-9,12-15,17H2,1-3H3,(H2,27,28,29,30,31). The molecule has 0 spiro atoms. The van der Waals surface area contributed by atoms with Crippen molar-refractivity contribution in [2.75, 3.05) is 49.8 Å². The van der Waals surface area contributed by atoms with Crippen molar-refractivity contribution in [2.24, 2.45) is 0 Å². The topological polar surface area (TPSA) is 78.4 Å². The molecule has 9 heteroatoms. The number of anilines is 4. The van der Waals surface area contributed by atoms with Crippen LogP contribution in [0, 0.1) is 0 Å². The van der Waals surface area contributed by atoms with Crippen LogP contribution in [0.5, 0.6) is 5.75 Å². The maximum absolute atomic E-state index is 5.49. The molecule has 2 aromatic rings. The summed E-state index contributed by atoms with van der Waals surface area (Å²) in [5.74, 6) is 2.87. The first-order chi connectivity index (χ1) is 16.6. The van der Waals surface area contributed by atoms with Gasteiger partial charge in [-0.2, -0.15) is 15.0 Å². The van der Waals surface area contributed by atoms with Crippen molar-refractivity contribution in [1.29, 1.82) is 0 Å². The smallest absolute Gasteiger partial charge is 0.233 e. The van der Waals surface area contributed by atoms with E-state index in [-0.39, 0.29) is 0 Å². The lowest BCUT2D eigenvalue weighted by Gasteiger charge is -2.35. The van der Waals surface area contributed by atoms with E-state index in [1.165, 1.54) is 38.5 Å². The summed E-state index contributed by atoms with van der Waals surface area (Å²) in [5, 5.41) is 7.06. The molecule has 1 aromatic carbocycles. The Morgan fingerprint density at radius 3 is 2.41 bits per heavy atom. The monoisotopic (exact) mass is 579 g/mol. The number of halogens is 1. The number of ether oxygens (including phenoxy) is 1. The van der Waals surface area contributed by atoms with Crippen LogP contribution >= 0.6 is 22.6 Å². The maximum atomic E-state index is 5.49. The van der Waals surface area contributed by atoms with E-state index in [1.54, 1.807) is 7.11 Å². The molecule has 2 aliphatic rings. The minimum Gasteiger partial charge on any atom is -0.496 e. The van der Waals surface area contributed by atoms with Gasteiger partial charge in [0.2, 0.25) is 17.8 Å². The van der Waals surface area contributed by atoms with Gasteiger partial charge in [-0.1, -0.05) is 48.3 Å². The summed E-state index contributed by atoms with van der Waals surface area (Å²) in [6.45, 7) is 2.20. The van der Waals surface area contributed by atoms with Crippen LogP contribution in [-0.4, -0.2) is 66.2 Å². The molecule has 2 N–H and O–H groups in total. The molecule has 1 aromatic heterocycles. The largest absolute Gasteiger partial charge is 0.496 e. The van der Waals surface area contributed by atoms with E-state index in [9.17, 15) is 0 Å². The third kappa shape index (κ3) is 6.62. The van der Waals surface area contributed by atoms with Crippen LogP contribution in [0.25, 0.3) is 0 Å². The third-order valence-electron chi connectivity index (χ3n) is 7.04. The van der Waals surface area contributed by atoms with Gasteiger partial charge in [0, 0.05) is 34.8 Å². The van der Waals surface area contributed by atoms with Crippen molar-refractivity contribution >= 4 is 46.1 Å². The van der Waals surface area contributed by atoms with Crippen LogP contribution in [0.15, 0.2) is 18.2 Å². The van der Waals surface area contributed by atoms with Crippen molar-refractivity contribution in [1.82, 2.24) is 19.9 Å². The number of nitrogens with zero attached hydrogens (tertiary/aromatic N) is 5. The predicted octanol–water partition coefficient (Wildman–Crippen LogP) is 5.22. The summed E-state index contributed by atoms with van der Waals surface area (Å²) in [4.78, 5) is 19.1. The lowest BCUT2D eigenvalue weighted by molar-refractivity contribution is 0.252. The molecule has 8 nitrogen and oxygen atoms in total. The van der Waals surface area contributed by atoms with Crippen molar-refractivity contribution in [3.05, 3.63) is 23.8 Å². The molecule has 34 heavy (non-hydrogen) atoms. The highest BCUT2D eigenvalue weighted by Gasteiger charge is 2.24. The number of benzene rings is 1. The molecule has 186 valence electrons. The fourth-order valence-electron chi connectivity index (χ4n) is 4.88. The number of rotatable bonds is 8. The Balaban J connectivity index is 1.59. The second kappa shape index (κ2) is 12.2. The Labute approximate surface area is 217 Å². The van der Waals surface area contributed by atoms with Gasteiger partial charge in [0.25, 0.3) is 0 Å². The zero-order valence-electron chi connectivity index (χ0n) is 20.7. The maximum Gasteiger partial charge on any atom is 0.233 e. The summed E-state index contributed by atoms with van der Waals surface area (Å²) < 4.78 is 6.35. The summed E-state index contributed by atoms with van der Waals surface area (Å²) >= 11 is 2.36. The van der Waals surface area contributed by atoms with Crippen LogP contribution in [-0.2, 0) is 4.43 Å². The average Bonchev–Trinajstić information content (AvgIpc) is 3.12. The molecule has 0 radical (unpaired) electrons. The fraction of sp³-hybridized carbons (Fsp3) is 0.640. The number of hydrogen-bond acceptors (Lipinski definition) is 8. The predicted molar refractivity (Wildman–Crippen MR) is 148 cm³/mol. The van der Waals surface area contributed by atoms with Gasteiger partial charge >= 0.3 is 0 Å². The molecule has 2 heterocycles. The van der Waals surface area contributed by atoms with E-state index in [4.69, 9.17) is 19.7 Å². The van der Waals surface area contributed by atoms with Crippen LogP contribution in [0.3, 0.4) is 0 Å². The van der Waals surface area contributed by atoms with Gasteiger partial charge in [0.1, 0.15) is 5.75 Å². The highest BCUT2D eigenvalue weighted by molar-refractivity contribution is 14.1. The number of alkyl halides is 1. The third-order valence-corrected chi connectivity index (χ3v) is 7.87. The van der Waals surface area contributed by atoms with Crippen molar-refractivity contribution < 1.29 is 4.74 Å². The van der Waals surface area contributed by atoms with Gasteiger partial charge in [-0.3, -0.25) is 0 Å². The van der Waals surface area contributed by atoms with Crippen LogP contribution in [0.2, 0.25) is 0 Å². The molecule has 0 unspecified atom stereocenters. The fourth-order valence-corrected chi connectivity index (χ4v) is 5.48. The first kappa shape index (κ1) is 25.2. The van der Waals surface area contributed by atoms with Gasteiger partial charge in [-0.15, -0.1) is 0 Å². The number of likely N-dealkylation sites (tertiary alicyclic amines) is 1. The lowest BCUT2D eigenvalue weighted by atomic mass is 10.0. The van der Waals surface area contributed by atoms with E-state index in [0.29, 0.717) is 24.0 Å². The Kier molecular flexibility index (Phi) is 9.04. The molecule has 1 aliphatic carbocycles. The Morgan fingerprint density at radius 2 is 1.74 bits per heavy atom. The van der Waals surface area contributed by atoms with Crippen molar-refractivity contribution in [3.63, 3.8) is 0 Å². The van der Waals surface area contributed by atoms with Gasteiger partial charge in [-0.05, 0) is 64.0 Å². The number of methoxy groups -OCH3 is 1. The highest BCUT2D eigenvalue weighted by Crippen LogP contribution is 2.28.